The second-order valence-electron chi connectivity index (χ2n) is 4.06. The summed E-state index contributed by atoms with van der Waals surface area (Å²) in [4.78, 5) is 11.3. The van der Waals surface area contributed by atoms with Gasteiger partial charge in [0.15, 0.2) is 0 Å². The van der Waals surface area contributed by atoms with E-state index in [1.54, 1.807) is 0 Å². The highest BCUT2D eigenvalue weighted by Crippen LogP contribution is 2.11. The molecule has 0 bridgehead atoms. The second-order valence-corrected chi connectivity index (χ2v) is 6.81. The predicted octanol–water partition coefficient (Wildman–Crippen LogP) is 1.36. The molecule has 0 spiro atoms. The van der Waals surface area contributed by atoms with Crippen LogP contribution in [0.25, 0.3) is 0 Å². The Labute approximate surface area is 129 Å². The molecule has 0 saturated carbocycles. The molecule has 0 radical (unpaired) electrons. The molecule has 0 amide bonds. The van der Waals surface area contributed by atoms with E-state index >= 15 is 0 Å². The van der Waals surface area contributed by atoms with Crippen molar-refractivity contribution in [2.45, 2.75) is 39.5 Å². The molecule has 0 fully saturated rings. The number of hydrogen-bond acceptors (Lipinski definition) is 6. The number of carbonyl (C=O) groups is 1. The van der Waals surface area contributed by atoms with Gasteiger partial charge < -0.3 is 23.7 Å². The van der Waals surface area contributed by atoms with Gasteiger partial charge in [0.2, 0.25) is 8.80 Å². The molecule has 124 valence electrons. The number of hydrogen-bond donors (Lipinski definition) is 0. The van der Waals surface area contributed by atoms with Gasteiger partial charge in [-0.1, -0.05) is 6.58 Å². The Morgan fingerprint density at radius 2 is 1.33 bits per heavy atom. The zero-order chi connectivity index (χ0) is 16.1. The lowest BCUT2D eigenvalue weighted by atomic mass is 10.7. The third-order valence-electron chi connectivity index (χ3n) is 2.61. The van der Waals surface area contributed by atoms with E-state index in [9.17, 15) is 4.79 Å². The normalized spacial score (nSPS) is 11.4. The first kappa shape index (κ1) is 20.3. The highest BCUT2D eigenvalue weighted by molar-refractivity contribution is 6.60. The first-order valence-electron chi connectivity index (χ1n) is 7.39. The van der Waals surface area contributed by atoms with Gasteiger partial charge in [-0.15, -0.1) is 0 Å². The summed E-state index contributed by atoms with van der Waals surface area (Å²) in [5, 5.41) is 0. The zero-order valence-corrected chi connectivity index (χ0v) is 14.7. The van der Waals surface area contributed by atoms with Crippen molar-refractivity contribution in [1.82, 2.24) is 0 Å². The van der Waals surface area contributed by atoms with Gasteiger partial charge in [-0.3, -0.25) is 0 Å². The second kappa shape index (κ2) is 13.0. The molecule has 0 aromatic carbocycles. The molecule has 0 aliphatic carbocycles. The van der Waals surface area contributed by atoms with E-state index in [1.807, 2.05) is 27.7 Å². The number of esters is 1. The minimum absolute atomic E-state index is 0.209. The Bertz CT molecular complexity index is 259. The minimum Gasteiger partial charge on any atom is -0.466 e. The molecule has 0 atom stereocenters. The van der Waals surface area contributed by atoms with Gasteiger partial charge in [-0.25, -0.2) is 4.79 Å². The average Bonchev–Trinajstić information content (AvgIpc) is 2.47. The molecule has 7 heteroatoms. The Balaban J connectivity index is 4.97. The van der Waals surface area contributed by atoms with E-state index < -0.39 is 26.6 Å². The van der Waals surface area contributed by atoms with Crippen molar-refractivity contribution in [3.05, 3.63) is 12.7 Å². The fraction of sp³-hybridized carbons (Fsp3) is 0.786. The third-order valence-corrected chi connectivity index (χ3v) is 5.33. The average molecular weight is 320 g/mol. The largest absolute Gasteiger partial charge is 0.466 e. The predicted molar refractivity (Wildman–Crippen MR) is 82.4 cm³/mol. The van der Waals surface area contributed by atoms with Crippen molar-refractivity contribution in [1.29, 1.82) is 0 Å². The molecule has 0 aromatic rings. The quantitative estimate of drug-likeness (QED) is 0.221. The summed E-state index contributed by atoms with van der Waals surface area (Å²) in [6.45, 7) is 13.0. The smallest absolute Gasteiger partial charge is 0.329 e. The highest BCUT2D eigenvalue weighted by atomic mass is 28.3. The van der Waals surface area contributed by atoms with Gasteiger partial charge in [0.25, 0.3) is 0 Å². The van der Waals surface area contributed by atoms with Crippen LogP contribution in [0, 0.1) is 0 Å². The molecule has 21 heavy (non-hydrogen) atoms. The summed E-state index contributed by atoms with van der Waals surface area (Å²) in [6.07, 6.45) is 1.35. The van der Waals surface area contributed by atoms with Crippen molar-refractivity contribution in [2.75, 3.05) is 32.7 Å². The molecule has 0 rings (SSSR count). The van der Waals surface area contributed by atoms with Gasteiger partial charge in [0.1, 0.15) is 11.8 Å². The summed E-state index contributed by atoms with van der Waals surface area (Å²) in [5.74, 6) is -1.33. The fourth-order valence-corrected chi connectivity index (χ4v) is 4.46. The lowest BCUT2D eigenvalue weighted by molar-refractivity contribution is -0.139. The van der Waals surface area contributed by atoms with Crippen molar-refractivity contribution in [3.8, 4) is 0 Å². The maximum Gasteiger partial charge on any atom is 0.329 e. The van der Waals surface area contributed by atoms with Crippen molar-refractivity contribution >= 4 is 14.8 Å². The Kier molecular flexibility index (Phi) is 12.5. The molecule has 0 N–H and O–H groups in total. The SMILES string of the molecule is C=CC(=O)OC[SiH](C(OCC)OCC)C(OCC)OCC. The maximum absolute atomic E-state index is 11.3. The van der Waals surface area contributed by atoms with Crippen LogP contribution in [-0.2, 0) is 28.5 Å². The van der Waals surface area contributed by atoms with E-state index in [0.29, 0.717) is 26.4 Å². The summed E-state index contributed by atoms with van der Waals surface area (Å²) >= 11 is 0. The molecule has 0 aromatic heterocycles. The van der Waals surface area contributed by atoms with Crippen LogP contribution in [0.3, 0.4) is 0 Å². The topological polar surface area (TPSA) is 63.2 Å². The molecular formula is C14H28O6Si. The van der Waals surface area contributed by atoms with E-state index in [4.69, 9.17) is 23.7 Å². The standard InChI is InChI=1S/C14H28O6Si/c1-6-12(15)20-11-21(13(16-7-2)17-8-3)14(18-9-4)19-10-5/h6,13-14,21H,1,7-11H2,2-5H3. The van der Waals surface area contributed by atoms with Crippen LogP contribution >= 0.6 is 0 Å². The van der Waals surface area contributed by atoms with Crippen LogP contribution in [-0.4, -0.2) is 59.3 Å². The fourth-order valence-electron chi connectivity index (χ4n) is 1.77. The molecule has 0 saturated heterocycles. The monoisotopic (exact) mass is 320 g/mol. The lowest BCUT2D eigenvalue weighted by Gasteiger charge is -2.30. The number of ether oxygens (including phenoxy) is 5. The summed E-state index contributed by atoms with van der Waals surface area (Å²) in [6, 6.07) is 0. The van der Waals surface area contributed by atoms with Crippen molar-refractivity contribution < 1.29 is 28.5 Å². The maximum atomic E-state index is 11.3. The van der Waals surface area contributed by atoms with Crippen molar-refractivity contribution in [3.63, 3.8) is 0 Å². The molecule has 0 aliphatic heterocycles. The van der Waals surface area contributed by atoms with E-state index in [0.717, 1.165) is 6.08 Å². The van der Waals surface area contributed by atoms with Gasteiger partial charge in [-0.05, 0) is 27.7 Å². The Hall–Kier alpha value is -0.733. The summed E-state index contributed by atoms with van der Waals surface area (Å²) in [7, 11) is -1.98. The summed E-state index contributed by atoms with van der Waals surface area (Å²) in [5.41, 5.74) is 0. The van der Waals surface area contributed by atoms with Gasteiger partial charge in [0.05, 0.1) is 6.23 Å². The van der Waals surface area contributed by atoms with Gasteiger partial charge >= 0.3 is 5.97 Å². The molecule has 6 nitrogen and oxygen atoms in total. The summed E-state index contributed by atoms with van der Waals surface area (Å²) < 4.78 is 27.8. The van der Waals surface area contributed by atoms with E-state index in [1.165, 1.54) is 0 Å². The highest BCUT2D eigenvalue weighted by Gasteiger charge is 2.35. The van der Waals surface area contributed by atoms with Crippen LogP contribution in [0.5, 0.6) is 0 Å². The van der Waals surface area contributed by atoms with E-state index in [2.05, 4.69) is 6.58 Å². The number of carbonyl (C=O) groups excluding carboxylic acids is 1. The lowest BCUT2D eigenvalue weighted by Crippen LogP contribution is -2.51. The zero-order valence-electron chi connectivity index (χ0n) is 13.5. The Morgan fingerprint density at radius 1 is 0.952 bits per heavy atom. The van der Waals surface area contributed by atoms with Crippen LogP contribution in [0.2, 0.25) is 0 Å². The molecule has 0 unspecified atom stereocenters. The van der Waals surface area contributed by atoms with Crippen LogP contribution in [0.1, 0.15) is 27.7 Å². The molecular weight excluding hydrogens is 292 g/mol. The third kappa shape index (κ3) is 8.33. The molecule has 0 aliphatic rings. The van der Waals surface area contributed by atoms with Crippen LogP contribution < -0.4 is 0 Å². The van der Waals surface area contributed by atoms with E-state index in [-0.39, 0.29) is 6.23 Å². The minimum atomic E-state index is -1.98. The first-order valence-corrected chi connectivity index (χ1v) is 9.54. The van der Waals surface area contributed by atoms with Crippen LogP contribution in [0.15, 0.2) is 12.7 Å². The molecule has 0 heterocycles. The van der Waals surface area contributed by atoms with Crippen LogP contribution in [0.4, 0.5) is 0 Å². The first-order chi connectivity index (χ1) is 10.1. The van der Waals surface area contributed by atoms with Gasteiger partial charge in [-0.2, -0.15) is 0 Å². The van der Waals surface area contributed by atoms with Gasteiger partial charge in [0, 0.05) is 32.5 Å². The van der Waals surface area contributed by atoms with Crippen molar-refractivity contribution in [2.24, 2.45) is 0 Å². The number of rotatable bonds is 13. The Morgan fingerprint density at radius 3 is 1.62 bits per heavy atom.